The zero-order chi connectivity index (χ0) is 16.2. The van der Waals surface area contributed by atoms with Crippen molar-refractivity contribution in [1.82, 2.24) is 15.5 Å². The van der Waals surface area contributed by atoms with E-state index in [2.05, 4.69) is 20.5 Å². The molecule has 1 aliphatic carbocycles. The summed E-state index contributed by atoms with van der Waals surface area (Å²) in [5.74, 6) is 0.920. The van der Waals surface area contributed by atoms with Crippen LogP contribution in [0.2, 0.25) is 0 Å². The van der Waals surface area contributed by atoms with E-state index >= 15 is 0 Å². The molecule has 2 rings (SSSR count). The third kappa shape index (κ3) is 9.42. The van der Waals surface area contributed by atoms with E-state index < -0.39 is 0 Å². The number of rotatable bonds is 9. The molecule has 142 valence electrons. The van der Waals surface area contributed by atoms with Crippen LogP contribution in [0.5, 0.6) is 0 Å². The lowest BCUT2D eigenvalue weighted by atomic mass is 9.98. The molecule has 0 bridgehead atoms. The Labute approximate surface area is 165 Å². The van der Waals surface area contributed by atoms with Crippen molar-refractivity contribution in [2.75, 3.05) is 46.4 Å². The topological polar surface area (TPSA) is 48.9 Å². The van der Waals surface area contributed by atoms with Gasteiger partial charge in [0, 0.05) is 26.7 Å². The summed E-state index contributed by atoms with van der Waals surface area (Å²) in [7, 11) is 1.84. The minimum Gasteiger partial charge on any atom is -0.378 e. The summed E-state index contributed by atoms with van der Waals surface area (Å²) < 4.78 is 5.95. The first-order valence-electron chi connectivity index (χ1n) is 9.67. The summed E-state index contributed by atoms with van der Waals surface area (Å²) in [6.45, 7) is 6.57. The van der Waals surface area contributed by atoms with E-state index in [0.29, 0.717) is 6.10 Å². The van der Waals surface area contributed by atoms with E-state index in [1.807, 2.05) is 7.05 Å². The third-order valence-electron chi connectivity index (χ3n) is 4.89. The maximum absolute atomic E-state index is 5.95. The Morgan fingerprint density at radius 2 is 1.67 bits per heavy atom. The summed E-state index contributed by atoms with van der Waals surface area (Å²) in [6.07, 6.45) is 12.1. The van der Waals surface area contributed by atoms with E-state index in [1.54, 1.807) is 0 Å². The lowest BCUT2D eigenvalue weighted by molar-refractivity contribution is 0.0277. The molecule has 1 aliphatic heterocycles. The quantitative estimate of drug-likeness (QED) is 0.245. The van der Waals surface area contributed by atoms with Crippen LogP contribution in [-0.2, 0) is 4.74 Å². The van der Waals surface area contributed by atoms with Crippen LogP contribution in [0.25, 0.3) is 0 Å². The highest BCUT2D eigenvalue weighted by molar-refractivity contribution is 14.0. The number of hydrogen-bond donors (Lipinski definition) is 2. The van der Waals surface area contributed by atoms with Gasteiger partial charge in [0.25, 0.3) is 0 Å². The second-order valence-corrected chi connectivity index (χ2v) is 6.81. The number of ether oxygens (including phenoxy) is 1. The third-order valence-corrected chi connectivity index (χ3v) is 4.89. The molecule has 6 heteroatoms. The smallest absolute Gasteiger partial charge is 0.190 e. The molecule has 1 saturated heterocycles. The second-order valence-electron chi connectivity index (χ2n) is 6.81. The molecule has 24 heavy (non-hydrogen) atoms. The lowest BCUT2D eigenvalue weighted by Crippen LogP contribution is -2.39. The number of guanidine groups is 1. The van der Waals surface area contributed by atoms with Gasteiger partial charge in [-0.05, 0) is 58.2 Å². The summed E-state index contributed by atoms with van der Waals surface area (Å²) in [5, 5.41) is 6.79. The Hall–Kier alpha value is -0.0800. The highest BCUT2D eigenvalue weighted by Crippen LogP contribution is 2.20. The van der Waals surface area contributed by atoms with Crippen LogP contribution in [-0.4, -0.2) is 63.3 Å². The SMILES string of the molecule is CN=C(NCCCOC1CCCCC1)NCCCN1CCCC1.I. The van der Waals surface area contributed by atoms with E-state index in [-0.39, 0.29) is 24.0 Å². The molecule has 0 aromatic carbocycles. The van der Waals surface area contributed by atoms with Gasteiger partial charge in [0.1, 0.15) is 0 Å². The van der Waals surface area contributed by atoms with Crippen molar-refractivity contribution in [1.29, 1.82) is 0 Å². The fourth-order valence-electron chi connectivity index (χ4n) is 3.50. The number of aliphatic imine (C=N–C) groups is 1. The molecule has 0 aromatic rings. The molecule has 0 unspecified atom stereocenters. The summed E-state index contributed by atoms with van der Waals surface area (Å²) >= 11 is 0. The highest BCUT2D eigenvalue weighted by Gasteiger charge is 2.13. The maximum Gasteiger partial charge on any atom is 0.190 e. The summed E-state index contributed by atoms with van der Waals surface area (Å²) in [4.78, 5) is 6.84. The number of hydrogen-bond acceptors (Lipinski definition) is 3. The molecule has 2 N–H and O–H groups in total. The maximum atomic E-state index is 5.95. The van der Waals surface area contributed by atoms with Crippen LogP contribution in [0.1, 0.15) is 57.8 Å². The van der Waals surface area contributed by atoms with E-state index in [9.17, 15) is 0 Å². The van der Waals surface area contributed by atoms with Gasteiger partial charge in [-0.25, -0.2) is 0 Å². The van der Waals surface area contributed by atoms with Crippen molar-refractivity contribution in [2.24, 2.45) is 4.99 Å². The fourth-order valence-corrected chi connectivity index (χ4v) is 3.50. The minimum atomic E-state index is 0. The first-order chi connectivity index (χ1) is 11.4. The van der Waals surface area contributed by atoms with Crippen molar-refractivity contribution < 1.29 is 4.74 Å². The Balaban J connectivity index is 0.00000288. The molecule has 0 amide bonds. The molecule has 1 heterocycles. The van der Waals surface area contributed by atoms with Crippen molar-refractivity contribution in [3.63, 3.8) is 0 Å². The van der Waals surface area contributed by atoms with Crippen LogP contribution in [0.3, 0.4) is 0 Å². The van der Waals surface area contributed by atoms with Crippen molar-refractivity contribution in [3.05, 3.63) is 0 Å². The van der Waals surface area contributed by atoms with Gasteiger partial charge in [0.05, 0.1) is 6.10 Å². The highest BCUT2D eigenvalue weighted by atomic mass is 127. The Bertz CT molecular complexity index is 329. The average Bonchev–Trinajstić information content (AvgIpc) is 3.11. The average molecular weight is 452 g/mol. The van der Waals surface area contributed by atoms with Gasteiger partial charge in [-0.15, -0.1) is 24.0 Å². The Morgan fingerprint density at radius 3 is 2.33 bits per heavy atom. The summed E-state index contributed by atoms with van der Waals surface area (Å²) in [5.41, 5.74) is 0. The summed E-state index contributed by atoms with van der Waals surface area (Å²) in [6, 6.07) is 0. The Kier molecular flexibility index (Phi) is 12.9. The second kappa shape index (κ2) is 14.1. The van der Waals surface area contributed by atoms with Gasteiger partial charge in [0.15, 0.2) is 5.96 Å². The molecular formula is C18H37IN4O. The van der Waals surface area contributed by atoms with Crippen molar-refractivity contribution in [3.8, 4) is 0 Å². The monoisotopic (exact) mass is 452 g/mol. The fraction of sp³-hybridized carbons (Fsp3) is 0.944. The van der Waals surface area contributed by atoms with Gasteiger partial charge < -0.3 is 20.3 Å². The van der Waals surface area contributed by atoms with Gasteiger partial charge in [0.2, 0.25) is 0 Å². The molecule has 0 spiro atoms. The van der Waals surface area contributed by atoms with Crippen molar-refractivity contribution >= 4 is 29.9 Å². The van der Waals surface area contributed by atoms with Crippen LogP contribution in [0.4, 0.5) is 0 Å². The normalized spacial score (nSPS) is 20.0. The van der Waals surface area contributed by atoms with E-state index in [4.69, 9.17) is 4.74 Å². The number of halogens is 1. The number of nitrogens with zero attached hydrogens (tertiary/aromatic N) is 2. The van der Waals surface area contributed by atoms with Crippen LogP contribution < -0.4 is 10.6 Å². The minimum absolute atomic E-state index is 0. The first-order valence-corrected chi connectivity index (χ1v) is 9.67. The molecule has 0 aromatic heterocycles. The van der Waals surface area contributed by atoms with Crippen LogP contribution in [0.15, 0.2) is 4.99 Å². The van der Waals surface area contributed by atoms with Crippen molar-refractivity contribution in [2.45, 2.75) is 63.9 Å². The zero-order valence-corrected chi connectivity index (χ0v) is 17.7. The standard InChI is InChI=1S/C18H36N4O.HI/c1-19-18(20-11-7-15-22-13-5-6-14-22)21-12-8-16-23-17-9-3-2-4-10-17;/h17H,2-16H2,1H3,(H2,19,20,21);1H. The Morgan fingerprint density at radius 1 is 1.00 bits per heavy atom. The molecule has 1 saturated carbocycles. The molecular weight excluding hydrogens is 415 g/mol. The zero-order valence-electron chi connectivity index (χ0n) is 15.4. The predicted octanol–water partition coefficient (Wildman–Crippen LogP) is 2.99. The lowest BCUT2D eigenvalue weighted by Gasteiger charge is -2.22. The largest absolute Gasteiger partial charge is 0.378 e. The molecule has 0 radical (unpaired) electrons. The van der Waals surface area contributed by atoms with Gasteiger partial charge in [-0.3, -0.25) is 4.99 Å². The van der Waals surface area contributed by atoms with Gasteiger partial charge in [-0.1, -0.05) is 19.3 Å². The van der Waals surface area contributed by atoms with Gasteiger partial charge in [-0.2, -0.15) is 0 Å². The predicted molar refractivity (Wildman–Crippen MR) is 113 cm³/mol. The molecule has 2 aliphatic rings. The number of nitrogens with one attached hydrogen (secondary N) is 2. The van der Waals surface area contributed by atoms with Crippen LogP contribution >= 0.6 is 24.0 Å². The molecule has 2 fully saturated rings. The number of likely N-dealkylation sites (tertiary alicyclic amines) is 1. The molecule has 5 nitrogen and oxygen atoms in total. The first kappa shape index (κ1) is 22.0. The molecule has 0 atom stereocenters. The van der Waals surface area contributed by atoms with Crippen LogP contribution in [0, 0.1) is 0 Å². The van der Waals surface area contributed by atoms with E-state index in [1.165, 1.54) is 71.0 Å². The van der Waals surface area contributed by atoms with E-state index in [0.717, 1.165) is 32.1 Å². The van der Waals surface area contributed by atoms with Gasteiger partial charge >= 0.3 is 0 Å².